The van der Waals surface area contributed by atoms with Crippen LogP contribution in [0.1, 0.15) is 11.3 Å². The van der Waals surface area contributed by atoms with Gasteiger partial charge in [0.05, 0.1) is 12.7 Å². The minimum atomic E-state index is 0.661. The zero-order chi connectivity index (χ0) is 11.4. The van der Waals surface area contributed by atoms with Crippen LogP contribution < -0.4 is 0 Å². The summed E-state index contributed by atoms with van der Waals surface area (Å²) in [6, 6.07) is 0. The first-order valence-electron chi connectivity index (χ1n) is 4.90. The van der Waals surface area contributed by atoms with E-state index in [9.17, 15) is 0 Å². The molecule has 0 atom stereocenters. The van der Waals surface area contributed by atoms with Gasteiger partial charge in [0.15, 0.2) is 5.96 Å². The second-order valence-corrected chi connectivity index (χ2v) is 3.93. The lowest BCUT2D eigenvalue weighted by Gasteiger charge is -2.22. The standard InChI is InChI=1S/C10H19N5/c1-8-9(7-12-13-8)6-11-10(14(2)3)15(4)5/h7H,6H2,1-5H3,(H,12,13). The first kappa shape index (κ1) is 11.6. The van der Waals surface area contributed by atoms with Crippen molar-refractivity contribution in [3.63, 3.8) is 0 Å². The van der Waals surface area contributed by atoms with Gasteiger partial charge in [0, 0.05) is 39.4 Å². The Labute approximate surface area is 90.8 Å². The monoisotopic (exact) mass is 209 g/mol. The Morgan fingerprint density at radius 3 is 2.33 bits per heavy atom. The fourth-order valence-corrected chi connectivity index (χ4v) is 1.37. The quantitative estimate of drug-likeness (QED) is 0.576. The lowest BCUT2D eigenvalue weighted by Crippen LogP contribution is -2.35. The van der Waals surface area contributed by atoms with Crippen LogP contribution in [0.3, 0.4) is 0 Å². The largest absolute Gasteiger partial charge is 0.349 e. The molecule has 0 radical (unpaired) electrons. The molecule has 1 N–H and O–H groups in total. The van der Waals surface area contributed by atoms with E-state index in [0.29, 0.717) is 6.54 Å². The smallest absolute Gasteiger partial charge is 0.195 e. The number of hydrogen-bond acceptors (Lipinski definition) is 2. The molecule has 0 aliphatic heterocycles. The number of rotatable bonds is 2. The summed E-state index contributed by atoms with van der Waals surface area (Å²) < 4.78 is 0. The van der Waals surface area contributed by atoms with Crippen LogP contribution >= 0.6 is 0 Å². The normalized spacial score (nSPS) is 9.93. The molecule has 0 saturated heterocycles. The van der Waals surface area contributed by atoms with Crippen molar-refractivity contribution < 1.29 is 0 Å². The summed E-state index contributed by atoms with van der Waals surface area (Å²) in [5.41, 5.74) is 2.21. The predicted octanol–water partition coefficient (Wildman–Crippen LogP) is 0.697. The molecule has 15 heavy (non-hydrogen) atoms. The maximum Gasteiger partial charge on any atom is 0.195 e. The zero-order valence-electron chi connectivity index (χ0n) is 10.1. The average Bonchev–Trinajstić information content (AvgIpc) is 2.51. The summed E-state index contributed by atoms with van der Waals surface area (Å²) in [5.74, 6) is 0.954. The van der Waals surface area contributed by atoms with Crippen molar-refractivity contribution in [2.24, 2.45) is 4.99 Å². The molecule has 5 nitrogen and oxygen atoms in total. The molecule has 1 aromatic rings. The number of aromatic nitrogens is 2. The van der Waals surface area contributed by atoms with Crippen LogP contribution in [0.25, 0.3) is 0 Å². The van der Waals surface area contributed by atoms with E-state index >= 15 is 0 Å². The Balaban J connectivity index is 2.74. The molecular formula is C10H19N5. The van der Waals surface area contributed by atoms with Crippen LogP contribution in [-0.2, 0) is 6.54 Å². The van der Waals surface area contributed by atoms with Crippen LogP contribution in [0, 0.1) is 6.92 Å². The molecule has 0 aliphatic rings. The summed E-state index contributed by atoms with van der Waals surface area (Å²) in [7, 11) is 7.95. The molecule has 0 fully saturated rings. The van der Waals surface area contributed by atoms with Crippen LogP contribution in [-0.4, -0.2) is 54.1 Å². The highest BCUT2D eigenvalue weighted by Gasteiger charge is 2.05. The molecule has 1 rings (SSSR count). The van der Waals surface area contributed by atoms with E-state index in [1.807, 2.05) is 51.1 Å². The van der Waals surface area contributed by atoms with Gasteiger partial charge in [0.2, 0.25) is 0 Å². The van der Waals surface area contributed by atoms with E-state index in [4.69, 9.17) is 0 Å². The Bertz CT molecular complexity index is 327. The third-order valence-electron chi connectivity index (χ3n) is 2.13. The minimum Gasteiger partial charge on any atom is -0.349 e. The topological polar surface area (TPSA) is 47.5 Å². The molecule has 1 aromatic heterocycles. The Hall–Kier alpha value is -1.52. The first-order valence-corrected chi connectivity index (χ1v) is 4.90. The third kappa shape index (κ3) is 2.97. The van der Waals surface area contributed by atoms with Gasteiger partial charge in [0.1, 0.15) is 0 Å². The lowest BCUT2D eigenvalue weighted by molar-refractivity contribution is 0.479. The summed E-state index contributed by atoms with van der Waals surface area (Å²) in [6.07, 6.45) is 1.82. The van der Waals surface area contributed by atoms with Gasteiger partial charge in [-0.25, -0.2) is 4.99 Å². The average molecular weight is 209 g/mol. The molecule has 0 spiro atoms. The van der Waals surface area contributed by atoms with Crippen molar-refractivity contribution in [2.75, 3.05) is 28.2 Å². The summed E-state index contributed by atoms with van der Waals surface area (Å²) in [5, 5.41) is 6.87. The molecule has 0 bridgehead atoms. The van der Waals surface area contributed by atoms with E-state index in [1.54, 1.807) is 0 Å². The first-order chi connectivity index (χ1) is 7.02. The van der Waals surface area contributed by atoms with Gasteiger partial charge in [-0.05, 0) is 6.92 Å². The van der Waals surface area contributed by atoms with Gasteiger partial charge in [-0.2, -0.15) is 5.10 Å². The van der Waals surface area contributed by atoms with Crippen molar-refractivity contribution in [1.29, 1.82) is 0 Å². The number of hydrogen-bond donors (Lipinski definition) is 1. The SMILES string of the molecule is Cc1[nH]ncc1CN=C(N(C)C)N(C)C. The van der Waals surface area contributed by atoms with Crippen molar-refractivity contribution in [3.8, 4) is 0 Å². The maximum absolute atomic E-state index is 4.53. The number of nitrogens with one attached hydrogen (secondary N) is 1. The molecule has 1 heterocycles. The van der Waals surface area contributed by atoms with Gasteiger partial charge in [-0.15, -0.1) is 0 Å². The van der Waals surface area contributed by atoms with E-state index < -0.39 is 0 Å². The van der Waals surface area contributed by atoms with Crippen LogP contribution in [0.15, 0.2) is 11.2 Å². The number of nitrogens with zero attached hydrogens (tertiary/aromatic N) is 4. The van der Waals surface area contributed by atoms with E-state index in [0.717, 1.165) is 17.2 Å². The number of guanidine groups is 1. The van der Waals surface area contributed by atoms with Crippen LogP contribution in [0.2, 0.25) is 0 Å². The van der Waals surface area contributed by atoms with Gasteiger partial charge in [-0.3, -0.25) is 5.10 Å². The second kappa shape index (κ2) is 4.82. The summed E-state index contributed by atoms with van der Waals surface area (Å²) in [6.45, 7) is 2.66. The highest BCUT2D eigenvalue weighted by molar-refractivity contribution is 5.79. The van der Waals surface area contributed by atoms with E-state index in [1.165, 1.54) is 0 Å². The zero-order valence-corrected chi connectivity index (χ0v) is 10.1. The van der Waals surface area contributed by atoms with E-state index in [2.05, 4.69) is 15.2 Å². The summed E-state index contributed by atoms with van der Waals surface area (Å²) >= 11 is 0. The van der Waals surface area contributed by atoms with Crippen LogP contribution in [0.5, 0.6) is 0 Å². The Morgan fingerprint density at radius 1 is 1.33 bits per heavy atom. The van der Waals surface area contributed by atoms with Crippen molar-refractivity contribution in [1.82, 2.24) is 20.0 Å². The molecular weight excluding hydrogens is 190 g/mol. The van der Waals surface area contributed by atoms with Crippen LogP contribution in [0.4, 0.5) is 0 Å². The lowest BCUT2D eigenvalue weighted by atomic mass is 10.3. The van der Waals surface area contributed by atoms with Gasteiger partial charge >= 0.3 is 0 Å². The number of H-pyrrole nitrogens is 1. The molecule has 0 unspecified atom stereocenters. The van der Waals surface area contributed by atoms with Crippen molar-refractivity contribution in [2.45, 2.75) is 13.5 Å². The second-order valence-electron chi connectivity index (χ2n) is 3.93. The Kier molecular flexibility index (Phi) is 3.71. The molecule has 5 heteroatoms. The summed E-state index contributed by atoms with van der Waals surface area (Å²) in [4.78, 5) is 8.53. The number of aryl methyl sites for hydroxylation is 1. The molecule has 0 aromatic carbocycles. The van der Waals surface area contributed by atoms with E-state index in [-0.39, 0.29) is 0 Å². The van der Waals surface area contributed by atoms with Crippen molar-refractivity contribution in [3.05, 3.63) is 17.5 Å². The van der Waals surface area contributed by atoms with Gasteiger partial charge in [-0.1, -0.05) is 0 Å². The fraction of sp³-hybridized carbons (Fsp3) is 0.600. The number of aliphatic imine (C=N–C) groups is 1. The predicted molar refractivity (Wildman–Crippen MR) is 61.8 cm³/mol. The highest BCUT2D eigenvalue weighted by Crippen LogP contribution is 2.04. The Morgan fingerprint density at radius 2 is 1.93 bits per heavy atom. The van der Waals surface area contributed by atoms with Crippen molar-refractivity contribution >= 4 is 5.96 Å². The minimum absolute atomic E-state index is 0.661. The third-order valence-corrected chi connectivity index (χ3v) is 2.13. The highest BCUT2D eigenvalue weighted by atomic mass is 15.3. The fourth-order valence-electron chi connectivity index (χ4n) is 1.37. The maximum atomic E-state index is 4.53. The molecule has 0 aliphatic carbocycles. The van der Waals surface area contributed by atoms with Gasteiger partial charge in [0.25, 0.3) is 0 Å². The molecule has 0 amide bonds. The molecule has 84 valence electrons. The van der Waals surface area contributed by atoms with Gasteiger partial charge < -0.3 is 9.80 Å². The number of aromatic amines is 1. The molecule has 0 saturated carbocycles.